The van der Waals surface area contributed by atoms with Crippen LogP contribution < -0.4 is 4.74 Å². The molecule has 0 spiro atoms. The minimum Gasteiger partial charge on any atom is -0.486 e. The Hall–Kier alpha value is -1.92. The van der Waals surface area contributed by atoms with E-state index in [1.54, 1.807) is 0 Å². The summed E-state index contributed by atoms with van der Waals surface area (Å²) in [7, 11) is 0. The van der Waals surface area contributed by atoms with Crippen molar-refractivity contribution in [3.63, 3.8) is 0 Å². The number of nitrogens with zero attached hydrogens (tertiary/aromatic N) is 4. The van der Waals surface area contributed by atoms with Crippen molar-refractivity contribution in [1.82, 2.24) is 19.4 Å². The number of hydrogen-bond donors (Lipinski definition) is 1. The second-order valence-electron chi connectivity index (χ2n) is 8.40. The number of aliphatic hydroxyl groups excluding tert-OH is 1. The maximum absolute atomic E-state index is 10.7. The summed E-state index contributed by atoms with van der Waals surface area (Å²) >= 11 is 0. The normalized spacial score (nSPS) is 27.7. The van der Waals surface area contributed by atoms with Crippen LogP contribution in [-0.2, 0) is 13.0 Å². The number of aryl methyl sites for hydroxylation is 3. The van der Waals surface area contributed by atoms with Gasteiger partial charge in [-0.15, -0.1) is 0 Å². The van der Waals surface area contributed by atoms with Gasteiger partial charge >= 0.3 is 0 Å². The Kier molecular flexibility index (Phi) is 5.69. The van der Waals surface area contributed by atoms with Crippen molar-refractivity contribution in [3.8, 4) is 5.75 Å². The monoisotopic (exact) mass is 384 g/mol. The third-order valence-electron chi connectivity index (χ3n) is 6.39. The second kappa shape index (κ2) is 8.21. The predicted molar refractivity (Wildman–Crippen MR) is 108 cm³/mol. The van der Waals surface area contributed by atoms with Crippen LogP contribution in [0.4, 0.5) is 0 Å². The Morgan fingerprint density at radius 3 is 2.68 bits per heavy atom. The van der Waals surface area contributed by atoms with E-state index in [2.05, 4.69) is 32.6 Å². The minimum absolute atomic E-state index is 0.134. The third kappa shape index (κ3) is 4.08. The lowest BCUT2D eigenvalue weighted by Gasteiger charge is -2.35. The number of aromatic nitrogens is 3. The van der Waals surface area contributed by atoms with Gasteiger partial charge in [-0.05, 0) is 50.7 Å². The Morgan fingerprint density at radius 2 is 1.93 bits per heavy atom. The van der Waals surface area contributed by atoms with E-state index in [1.165, 1.54) is 0 Å². The number of fused-ring (bicyclic) bond motifs is 1. The number of aliphatic hydroxyl groups is 1. The van der Waals surface area contributed by atoms with Gasteiger partial charge in [-0.25, -0.2) is 4.98 Å². The first-order chi connectivity index (χ1) is 13.5. The lowest BCUT2D eigenvalue weighted by molar-refractivity contribution is -0.0236. The van der Waals surface area contributed by atoms with E-state index in [0.717, 1.165) is 68.4 Å². The van der Waals surface area contributed by atoms with Crippen LogP contribution in [0.3, 0.4) is 0 Å². The van der Waals surface area contributed by atoms with Crippen molar-refractivity contribution in [1.29, 1.82) is 0 Å². The SMILES string of the molecule is CCc1nccn1CCN1C[C@H]2C[C@@H](Oc3ccc(C)nc3C)[C@H](O)C[C@H]2C1. The van der Waals surface area contributed by atoms with Gasteiger partial charge in [0.15, 0.2) is 0 Å². The van der Waals surface area contributed by atoms with E-state index in [9.17, 15) is 5.11 Å². The maximum Gasteiger partial charge on any atom is 0.141 e. The Labute approximate surface area is 167 Å². The standard InChI is InChI=1S/C22H32N4O2/c1-4-22-23-7-8-26(22)10-9-25-13-17-11-19(27)21(12-18(17)14-25)28-20-6-5-15(2)24-16(20)3/h5-8,17-19,21,27H,4,9-14H2,1-3H3/t17-,18+,19+,21+/m0/s1. The van der Waals surface area contributed by atoms with Crippen LogP contribution in [0.15, 0.2) is 24.5 Å². The molecule has 1 N–H and O–H groups in total. The first kappa shape index (κ1) is 19.4. The van der Waals surface area contributed by atoms with Gasteiger partial charge < -0.3 is 19.3 Å². The molecule has 2 aromatic heterocycles. The van der Waals surface area contributed by atoms with E-state index in [-0.39, 0.29) is 6.10 Å². The summed E-state index contributed by atoms with van der Waals surface area (Å²) in [6, 6.07) is 3.95. The van der Waals surface area contributed by atoms with Gasteiger partial charge in [0.2, 0.25) is 0 Å². The highest BCUT2D eigenvalue weighted by Crippen LogP contribution is 2.38. The van der Waals surface area contributed by atoms with E-state index in [4.69, 9.17) is 4.74 Å². The van der Waals surface area contributed by atoms with Crippen molar-refractivity contribution in [2.45, 2.75) is 58.8 Å². The fraction of sp³-hybridized carbons (Fsp3) is 0.636. The molecular formula is C22H32N4O2. The Morgan fingerprint density at radius 1 is 1.14 bits per heavy atom. The Balaban J connectivity index is 1.34. The van der Waals surface area contributed by atoms with E-state index in [1.807, 2.05) is 32.2 Å². The highest BCUT2D eigenvalue weighted by atomic mass is 16.5. The minimum atomic E-state index is -0.401. The zero-order valence-electron chi connectivity index (χ0n) is 17.2. The summed E-state index contributed by atoms with van der Waals surface area (Å²) in [6.07, 6.45) is 6.15. The molecule has 1 saturated heterocycles. The number of rotatable bonds is 6. The van der Waals surface area contributed by atoms with Gasteiger partial charge in [0.1, 0.15) is 17.7 Å². The van der Waals surface area contributed by atoms with Crippen LogP contribution >= 0.6 is 0 Å². The summed E-state index contributed by atoms with van der Waals surface area (Å²) in [6.45, 7) is 10.3. The summed E-state index contributed by atoms with van der Waals surface area (Å²) in [5, 5.41) is 10.7. The molecule has 1 aliphatic heterocycles. The smallest absolute Gasteiger partial charge is 0.141 e. The largest absolute Gasteiger partial charge is 0.486 e. The molecule has 4 rings (SSSR count). The van der Waals surface area contributed by atoms with Gasteiger partial charge in [-0.1, -0.05) is 6.92 Å². The van der Waals surface area contributed by atoms with Crippen LogP contribution in [0.2, 0.25) is 0 Å². The molecule has 0 radical (unpaired) electrons. The molecule has 3 heterocycles. The van der Waals surface area contributed by atoms with Gasteiger partial charge in [-0.3, -0.25) is 4.98 Å². The molecule has 1 aliphatic carbocycles. The molecule has 1 saturated carbocycles. The lowest BCUT2D eigenvalue weighted by atomic mass is 9.78. The average Bonchev–Trinajstić information content (AvgIpc) is 3.28. The highest BCUT2D eigenvalue weighted by Gasteiger charge is 2.42. The first-order valence-corrected chi connectivity index (χ1v) is 10.5. The number of imidazole rings is 1. The van der Waals surface area contributed by atoms with E-state index >= 15 is 0 Å². The molecule has 6 nitrogen and oxygen atoms in total. The number of ether oxygens (including phenoxy) is 1. The summed E-state index contributed by atoms with van der Waals surface area (Å²) in [4.78, 5) is 11.4. The van der Waals surface area contributed by atoms with Gasteiger partial charge in [0, 0.05) is 50.7 Å². The van der Waals surface area contributed by atoms with Crippen LogP contribution in [0, 0.1) is 25.7 Å². The predicted octanol–water partition coefficient (Wildman–Crippen LogP) is 2.61. The van der Waals surface area contributed by atoms with Crippen LogP contribution in [-0.4, -0.2) is 56.4 Å². The number of likely N-dealkylation sites (tertiary alicyclic amines) is 1. The molecule has 0 bridgehead atoms. The summed E-state index contributed by atoms with van der Waals surface area (Å²) in [5.74, 6) is 3.12. The van der Waals surface area contributed by atoms with Crippen molar-refractivity contribution < 1.29 is 9.84 Å². The molecular weight excluding hydrogens is 352 g/mol. The second-order valence-corrected chi connectivity index (χ2v) is 8.40. The average molecular weight is 385 g/mol. The fourth-order valence-corrected chi connectivity index (χ4v) is 4.87. The molecule has 28 heavy (non-hydrogen) atoms. The maximum atomic E-state index is 10.7. The van der Waals surface area contributed by atoms with Gasteiger partial charge in [0.05, 0.1) is 11.8 Å². The molecule has 0 unspecified atom stereocenters. The van der Waals surface area contributed by atoms with Crippen LogP contribution in [0.5, 0.6) is 5.75 Å². The molecule has 0 aromatic carbocycles. The fourth-order valence-electron chi connectivity index (χ4n) is 4.87. The van der Waals surface area contributed by atoms with E-state index < -0.39 is 6.10 Å². The zero-order chi connectivity index (χ0) is 19.7. The van der Waals surface area contributed by atoms with E-state index in [0.29, 0.717) is 11.8 Å². The number of hydrogen-bond acceptors (Lipinski definition) is 5. The lowest BCUT2D eigenvalue weighted by Crippen LogP contribution is -2.42. The Bertz CT molecular complexity index is 806. The summed E-state index contributed by atoms with van der Waals surface area (Å²) < 4.78 is 8.46. The molecule has 4 atom stereocenters. The van der Waals surface area contributed by atoms with Crippen LogP contribution in [0.25, 0.3) is 0 Å². The molecule has 2 aliphatic rings. The zero-order valence-corrected chi connectivity index (χ0v) is 17.2. The molecule has 0 amide bonds. The van der Waals surface area contributed by atoms with Crippen LogP contribution in [0.1, 0.15) is 37.0 Å². The van der Waals surface area contributed by atoms with Gasteiger partial charge in [-0.2, -0.15) is 0 Å². The van der Waals surface area contributed by atoms with Crippen molar-refractivity contribution >= 4 is 0 Å². The van der Waals surface area contributed by atoms with Crippen molar-refractivity contribution in [2.75, 3.05) is 19.6 Å². The van der Waals surface area contributed by atoms with Gasteiger partial charge in [0.25, 0.3) is 0 Å². The number of pyridine rings is 1. The third-order valence-corrected chi connectivity index (χ3v) is 6.39. The molecule has 2 aromatic rings. The molecule has 152 valence electrons. The van der Waals surface area contributed by atoms with Crippen molar-refractivity contribution in [2.24, 2.45) is 11.8 Å². The quantitative estimate of drug-likeness (QED) is 0.829. The van der Waals surface area contributed by atoms with Crippen molar-refractivity contribution in [3.05, 3.63) is 41.7 Å². The molecule has 6 heteroatoms. The first-order valence-electron chi connectivity index (χ1n) is 10.5. The topological polar surface area (TPSA) is 63.4 Å². The summed E-state index contributed by atoms with van der Waals surface area (Å²) in [5.41, 5.74) is 1.89. The highest BCUT2D eigenvalue weighted by molar-refractivity contribution is 5.28. The molecule has 2 fully saturated rings.